The number of thiophene rings is 1. The molecule has 1 saturated heterocycles. The Labute approximate surface area is 149 Å². The van der Waals surface area contributed by atoms with E-state index in [9.17, 15) is 13.2 Å². The minimum absolute atomic E-state index is 0.124. The normalized spacial score (nSPS) is 16.5. The summed E-state index contributed by atoms with van der Waals surface area (Å²) in [5.41, 5.74) is 0.444. The van der Waals surface area contributed by atoms with Gasteiger partial charge in [0.15, 0.2) is 0 Å². The number of carbonyl (C=O) groups is 1. The van der Waals surface area contributed by atoms with Crippen LogP contribution in [0.1, 0.15) is 27.3 Å². The number of piperazine rings is 1. The minimum atomic E-state index is -3.46. The number of aryl methyl sites for hydroxylation is 2. The number of hydrogen-bond donors (Lipinski definition) is 0. The van der Waals surface area contributed by atoms with Crippen LogP contribution in [-0.4, -0.2) is 54.7 Å². The first-order chi connectivity index (χ1) is 11.4. The number of amides is 1. The van der Waals surface area contributed by atoms with Crippen LogP contribution < -0.4 is 0 Å². The van der Waals surface area contributed by atoms with Crippen LogP contribution in [0.4, 0.5) is 0 Å². The molecule has 0 unspecified atom stereocenters. The summed E-state index contributed by atoms with van der Waals surface area (Å²) in [6.45, 7) is 5.28. The predicted octanol–water partition coefficient (Wildman–Crippen LogP) is 2.22. The lowest BCUT2D eigenvalue weighted by atomic mass is 10.3. The van der Waals surface area contributed by atoms with Crippen LogP contribution in [0, 0.1) is 6.92 Å². The molecule has 24 heavy (non-hydrogen) atoms. The van der Waals surface area contributed by atoms with E-state index in [4.69, 9.17) is 0 Å². The van der Waals surface area contributed by atoms with Gasteiger partial charge in [-0.05, 0) is 25.5 Å². The molecular formula is C15H19N3O3S3. The number of nitrogens with zero attached hydrogens (tertiary/aromatic N) is 3. The van der Waals surface area contributed by atoms with Gasteiger partial charge in [-0.25, -0.2) is 13.4 Å². The molecule has 0 aromatic carbocycles. The molecule has 6 nitrogen and oxygen atoms in total. The molecule has 1 aliphatic rings. The van der Waals surface area contributed by atoms with Gasteiger partial charge in [-0.3, -0.25) is 4.79 Å². The molecule has 1 aliphatic heterocycles. The average molecular weight is 386 g/mol. The fourth-order valence-electron chi connectivity index (χ4n) is 2.57. The van der Waals surface area contributed by atoms with Gasteiger partial charge in [0.2, 0.25) is 0 Å². The predicted molar refractivity (Wildman–Crippen MR) is 95.2 cm³/mol. The zero-order valence-electron chi connectivity index (χ0n) is 13.6. The molecular weight excluding hydrogens is 366 g/mol. The Balaban J connectivity index is 1.67. The van der Waals surface area contributed by atoms with Gasteiger partial charge >= 0.3 is 0 Å². The Morgan fingerprint density at radius 3 is 2.50 bits per heavy atom. The smallest absolute Gasteiger partial charge is 0.273 e. The van der Waals surface area contributed by atoms with E-state index >= 15 is 0 Å². The second-order valence-electron chi connectivity index (χ2n) is 5.52. The largest absolute Gasteiger partial charge is 0.335 e. The Hall–Kier alpha value is -1.29. The maximum absolute atomic E-state index is 12.7. The summed E-state index contributed by atoms with van der Waals surface area (Å²) in [4.78, 5) is 19.3. The minimum Gasteiger partial charge on any atom is -0.335 e. The third-order valence-corrected chi connectivity index (χ3v) is 8.31. The van der Waals surface area contributed by atoms with Crippen molar-refractivity contribution in [2.24, 2.45) is 0 Å². The Morgan fingerprint density at radius 1 is 1.25 bits per heavy atom. The molecule has 0 aliphatic carbocycles. The van der Waals surface area contributed by atoms with Gasteiger partial charge < -0.3 is 4.90 Å². The van der Waals surface area contributed by atoms with Crippen molar-refractivity contribution in [3.63, 3.8) is 0 Å². The van der Waals surface area contributed by atoms with Gasteiger partial charge in [-0.2, -0.15) is 4.31 Å². The first kappa shape index (κ1) is 17.5. The second-order valence-corrected chi connectivity index (χ2v) is 9.92. The highest BCUT2D eigenvalue weighted by atomic mass is 32.2. The lowest BCUT2D eigenvalue weighted by Crippen LogP contribution is -2.50. The molecule has 9 heteroatoms. The second kappa shape index (κ2) is 6.91. The topological polar surface area (TPSA) is 70.6 Å². The molecule has 1 amide bonds. The average Bonchev–Trinajstić information content (AvgIpc) is 3.23. The zero-order valence-corrected chi connectivity index (χ0v) is 16.0. The number of hydrogen-bond acceptors (Lipinski definition) is 6. The summed E-state index contributed by atoms with van der Waals surface area (Å²) in [5, 5.41) is 2.60. The maximum atomic E-state index is 12.7. The highest BCUT2D eigenvalue weighted by molar-refractivity contribution is 7.91. The molecule has 2 aromatic heterocycles. The van der Waals surface area contributed by atoms with Gasteiger partial charge in [0.1, 0.15) is 9.90 Å². The number of thiazole rings is 1. The van der Waals surface area contributed by atoms with Crippen molar-refractivity contribution in [2.45, 2.75) is 24.5 Å². The first-order valence-electron chi connectivity index (χ1n) is 7.72. The van der Waals surface area contributed by atoms with Crippen molar-refractivity contribution in [1.82, 2.24) is 14.2 Å². The van der Waals surface area contributed by atoms with E-state index in [1.165, 1.54) is 27.0 Å². The van der Waals surface area contributed by atoms with Crippen LogP contribution in [0.25, 0.3) is 0 Å². The molecule has 2 aromatic rings. The summed E-state index contributed by atoms with van der Waals surface area (Å²) >= 11 is 2.76. The number of aromatic nitrogens is 1. The van der Waals surface area contributed by atoms with Crippen molar-refractivity contribution in [3.05, 3.63) is 33.1 Å². The fourth-order valence-corrected chi connectivity index (χ4v) is 6.03. The highest BCUT2D eigenvalue weighted by Crippen LogP contribution is 2.26. The maximum Gasteiger partial charge on any atom is 0.273 e. The Morgan fingerprint density at radius 2 is 1.96 bits per heavy atom. The van der Waals surface area contributed by atoms with Gasteiger partial charge in [0.05, 0.1) is 5.01 Å². The van der Waals surface area contributed by atoms with E-state index in [0.29, 0.717) is 36.1 Å². The van der Waals surface area contributed by atoms with Crippen LogP contribution >= 0.6 is 22.7 Å². The van der Waals surface area contributed by atoms with Crippen LogP contribution in [0.15, 0.2) is 21.7 Å². The quantitative estimate of drug-likeness (QED) is 0.809. The van der Waals surface area contributed by atoms with Crippen LogP contribution in [0.2, 0.25) is 0 Å². The van der Waals surface area contributed by atoms with E-state index < -0.39 is 10.0 Å². The molecule has 1 fully saturated rings. The lowest BCUT2D eigenvalue weighted by Gasteiger charge is -2.33. The number of rotatable bonds is 4. The molecule has 3 rings (SSSR count). The van der Waals surface area contributed by atoms with E-state index in [1.54, 1.807) is 16.3 Å². The zero-order chi connectivity index (χ0) is 17.3. The van der Waals surface area contributed by atoms with Crippen LogP contribution in [-0.2, 0) is 16.4 Å². The molecule has 3 heterocycles. The Bertz CT molecular complexity index is 833. The molecule has 0 atom stereocenters. The summed E-state index contributed by atoms with van der Waals surface area (Å²) in [6, 6.07) is 3.54. The molecule has 0 radical (unpaired) electrons. The summed E-state index contributed by atoms with van der Waals surface area (Å²) < 4.78 is 27.2. The molecule has 0 N–H and O–H groups in total. The molecule has 130 valence electrons. The van der Waals surface area contributed by atoms with Gasteiger partial charge in [0.25, 0.3) is 15.9 Å². The van der Waals surface area contributed by atoms with E-state index in [-0.39, 0.29) is 5.91 Å². The third kappa shape index (κ3) is 3.39. The van der Waals surface area contributed by atoms with E-state index in [1.807, 2.05) is 19.9 Å². The molecule has 0 saturated carbocycles. The lowest BCUT2D eigenvalue weighted by molar-refractivity contribution is 0.0692. The van der Waals surface area contributed by atoms with Crippen LogP contribution in [0.5, 0.6) is 0 Å². The van der Waals surface area contributed by atoms with Crippen molar-refractivity contribution in [2.75, 3.05) is 26.2 Å². The van der Waals surface area contributed by atoms with Gasteiger partial charge in [0, 0.05) is 36.4 Å². The standard InChI is InChI=1S/C15H19N3O3S3/c1-3-12-4-5-14(23-12)24(20,21)18-8-6-17(7-9-18)15(19)13-10-22-11(2)16-13/h4-5,10H,3,6-9H2,1-2H3. The van der Waals surface area contributed by atoms with E-state index in [2.05, 4.69) is 4.98 Å². The van der Waals surface area contributed by atoms with E-state index in [0.717, 1.165) is 16.3 Å². The first-order valence-corrected chi connectivity index (χ1v) is 10.9. The number of carbonyl (C=O) groups excluding carboxylic acids is 1. The van der Waals surface area contributed by atoms with Crippen molar-refractivity contribution in [3.8, 4) is 0 Å². The third-order valence-electron chi connectivity index (χ3n) is 3.94. The summed E-state index contributed by atoms with van der Waals surface area (Å²) in [6.07, 6.45) is 0.829. The van der Waals surface area contributed by atoms with Crippen molar-refractivity contribution < 1.29 is 13.2 Å². The highest BCUT2D eigenvalue weighted by Gasteiger charge is 2.31. The Kier molecular flexibility index (Phi) is 5.05. The molecule has 0 spiro atoms. The monoisotopic (exact) mass is 385 g/mol. The summed E-state index contributed by atoms with van der Waals surface area (Å²) in [5.74, 6) is -0.124. The SMILES string of the molecule is CCc1ccc(S(=O)(=O)N2CCN(C(=O)c3csc(C)n3)CC2)s1. The van der Waals surface area contributed by atoms with Gasteiger partial charge in [-0.15, -0.1) is 22.7 Å². The molecule has 0 bridgehead atoms. The van der Waals surface area contributed by atoms with Crippen molar-refractivity contribution in [1.29, 1.82) is 0 Å². The van der Waals surface area contributed by atoms with Crippen molar-refractivity contribution >= 4 is 38.6 Å². The summed E-state index contributed by atoms with van der Waals surface area (Å²) in [7, 11) is -3.46. The fraction of sp³-hybridized carbons (Fsp3) is 0.467. The van der Waals surface area contributed by atoms with Gasteiger partial charge in [-0.1, -0.05) is 6.92 Å². The van der Waals surface area contributed by atoms with Crippen LogP contribution in [0.3, 0.4) is 0 Å². The number of sulfonamides is 1.